The summed E-state index contributed by atoms with van der Waals surface area (Å²) in [7, 11) is 0. The molecule has 1 aliphatic heterocycles. The number of ether oxygens (including phenoxy) is 1. The molecule has 1 unspecified atom stereocenters. The van der Waals surface area contributed by atoms with Gasteiger partial charge in [-0.25, -0.2) is 0 Å². The van der Waals surface area contributed by atoms with Crippen molar-refractivity contribution in [3.63, 3.8) is 0 Å². The first kappa shape index (κ1) is 14.5. The molecule has 1 atom stereocenters. The summed E-state index contributed by atoms with van der Waals surface area (Å²) in [5.74, 6) is 0.0921. The van der Waals surface area contributed by atoms with E-state index in [1.54, 1.807) is 0 Å². The molecular formula is C13H26N2O2. The van der Waals surface area contributed by atoms with Gasteiger partial charge in [0.1, 0.15) is 0 Å². The van der Waals surface area contributed by atoms with Crippen molar-refractivity contribution in [1.29, 1.82) is 0 Å². The highest BCUT2D eigenvalue weighted by atomic mass is 16.5. The van der Waals surface area contributed by atoms with Crippen LogP contribution in [0.2, 0.25) is 0 Å². The van der Waals surface area contributed by atoms with Crippen LogP contribution in [0, 0.1) is 0 Å². The highest BCUT2D eigenvalue weighted by Crippen LogP contribution is 2.11. The normalized spacial score (nSPS) is 20.5. The molecule has 0 aromatic carbocycles. The van der Waals surface area contributed by atoms with Crippen LogP contribution in [-0.2, 0) is 9.53 Å². The van der Waals surface area contributed by atoms with Gasteiger partial charge in [0.15, 0.2) is 0 Å². The summed E-state index contributed by atoms with van der Waals surface area (Å²) in [4.78, 5) is 11.6. The van der Waals surface area contributed by atoms with E-state index in [4.69, 9.17) is 4.74 Å². The van der Waals surface area contributed by atoms with Crippen molar-refractivity contribution in [1.82, 2.24) is 10.6 Å². The Kier molecular flexibility index (Phi) is 7.21. The first-order valence-corrected chi connectivity index (χ1v) is 6.88. The Labute approximate surface area is 104 Å². The number of rotatable bonds is 7. The maximum absolute atomic E-state index is 11.6. The maximum atomic E-state index is 11.6. The Hall–Kier alpha value is -0.610. The number of amides is 1. The third-order valence-corrected chi connectivity index (χ3v) is 3.28. The van der Waals surface area contributed by atoms with E-state index >= 15 is 0 Å². The molecule has 4 nitrogen and oxygen atoms in total. The SMILES string of the molecule is CCC(CC)NC(=O)CNCC1CCCCO1. The van der Waals surface area contributed by atoms with Crippen LogP contribution in [0.5, 0.6) is 0 Å². The Balaban J connectivity index is 2.06. The predicted molar refractivity (Wildman–Crippen MR) is 69.0 cm³/mol. The number of hydrogen-bond donors (Lipinski definition) is 2. The molecule has 0 spiro atoms. The molecule has 0 aliphatic carbocycles. The van der Waals surface area contributed by atoms with Gasteiger partial charge in [-0.2, -0.15) is 0 Å². The topological polar surface area (TPSA) is 50.4 Å². The summed E-state index contributed by atoms with van der Waals surface area (Å²) in [6.45, 7) is 6.24. The highest BCUT2D eigenvalue weighted by Gasteiger charge is 2.14. The predicted octanol–water partition coefficient (Wildman–Crippen LogP) is 1.45. The summed E-state index contributed by atoms with van der Waals surface area (Å²) < 4.78 is 5.59. The van der Waals surface area contributed by atoms with Crippen molar-refractivity contribution < 1.29 is 9.53 Å². The minimum Gasteiger partial charge on any atom is -0.377 e. The van der Waals surface area contributed by atoms with Crippen molar-refractivity contribution in [2.75, 3.05) is 19.7 Å². The molecule has 0 bridgehead atoms. The Bertz CT molecular complexity index is 211. The summed E-state index contributed by atoms with van der Waals surface area (Å²) in [5.41, 5.74) is 0. The summed E-state index contributed by atoms with van der Waals surface area (Å²) in [6, 6.07) is 0.315. The minimum atomic E-state index is 0.0921. The van der Waals surface area contributed by atoms with E-state index in [0.29, 0.717) is 18.7 Å². The monoisotopic (exact) mass is 242 g/mol. The maximum Gasteiger partial charge on any atom is 0.234 e. The lowest BCUT2D eigenvalue weighted by Crippen LogP contribution is -2.42. The molecule has 1 amide bonds. The summed E-state index contributed by atoms with van der Waals surface area (Å²) in [6.07, 6.45) is 5.81. The van der Waals surface area contributed by atoms with Crippen LogP contribution >= 0.6 is 0 Å². The zero-order valence-electron chi connectivity index (χ0n) is 11.1. The lowest BCUT2D eigenvalue weighted by atomic mass is 10.1. The van der Waals surface area contributed by atoms with Crippen LogP contribution in [0.3, 0.4) is 0 Å². The van der Waals surface area contributed by atoms with Crippen LogP contribution in [0.15, 0.2) is 0 Å². The minimum absolute atomic E-state index is 0.0921. The fourth-order valence-corrected chi connectivity index (χ4v) is 2.09. The fourth-order valence-electron chi connectivity index (χ4n) is 2.09. The van der Waals surface area contributed by atoms with Crippen LogP contribution in [0.25, 0.3) is 0 Å². The largest absolute Gasteiger partial charge is 0.377 e. The molecule has 100 valence electrons. The van der Waals surface area contributed by atoms with Crippen molar-refractivity contribution in [2.24, 2.45) is 0 Å². The van der Waals surface area contributed by atoms with E-state index in [0.717, 1.165) is 32.4 Å². The smallest absolute Gasteiger partial charge is 0.234 e. The van der Waals surface area contributed by atoms with Gasteiger partial charge in [-0.05, 0) is 32.1 Å². The Morgan fingerprint density at radius 1 is 1.35 bits per heavy atom. The highest BCUT2D eigenvalue weighted by molar-refractivity contribution is 5.78. The number of carbonyl (C=O) groups is 1. The van der Waals surface area contributed by atoms with Gasteiger partial charge in [-0.3, -0.25) is 4.79 Å². The van der Waals surface area contributed by atoms with Gasteiger partial charge in [0.2, 0.25) is 5.91 Å². The van der Waals surface area contributed by atoms with Gasteiger partial charge in [0, 0.05) is 19.2 Å². The number of carbonyl (C=O) groups excluding carboxylic acids is 1. The molecule has 0 aromatic heterocycles. The van der Waals surface area contributed by atoms with Gasteiger partial charge in [0.25, 0.3) is 0 Å². The first-order valence-electron chi connectivity index (χ1n) is 6.88. The Morgan fingerprint density at radius 3 is 2.71 bits per heavy atom. The molecule has 4 heteroatoms. The van der Waals surface area contributed by atoms with Crippen LogP contribution < -0.4 is 10.6 Å². The average molecular weight is 242 g/mol. The van der Waals surface area contributed by atoms with Crippen LogP contribution in [0.1, 0.15) is 46.0 Å². The molecule has 0 radical (unpaired) electrons. The molecule has 1 aliphatic rings. The van der Waals surface area contributed by atoms with E-state index in [9.17, 15) is 4.79 Å². The zero-order chi connectivity index (χ0) is 12.5. The molecule has 0 saturated carbocycles. The van der Waals surface area contributed by atoms with E-state index in [2.05, 4.69) is 24.5 Å². The molecule has 17 heavy (non-hydrogen) atoms. The fraction of sp³-hybridized carbons (Fsp3) is 0.923. The third kappa shape index (κ3) is 6.03. The number of hydrogen-bond acceptors (Lipinski definition) is 3. The summed E-state index contributed by atoms with van der Waals surface area (Å²) in [5, 5.41) is 6.18. The average Bonchev–Trinajstić information content (AvgIpc) is 2.37. The van der Waals surface area contributed by atoms with E-state index < -0.39 is 0 Å². The van der Waals surface area contributed by atoms with Gasteiger partial charge in [-0.1, -0.05) is 13.8 Å². The lowest BCUT2D eigenvalue weighted by molar-refractivity contribution is -0.121. The zero-order valence-corrected chi connectivity index (χ0v) is 11.1. The third-order valence-electron chi connectivity index (χ3n) is 3.28. The van der Waals surface area contributed by atoms with Crippen LogP contribution in [-0.4, -0.2) is 37.7 Å². The molecule has 1 heterocycles. The lowest BCUT2D eigenvalue weighted by Gasteiger charge is -2.23. The number of nitrogens with one attached hydrogen (secondary N) is 2. The molecule has 2 N–H and O–H groups in total. The van der Waals surface area contributed by atoms with Crippen molar-refractivity contribution >= 4 is 5.91 Å². The Morgan fingerprint density at radius 2 is 2.12 bits per heavy atom. The quantitative estimate of drug-likeness (QED) is 0.710. The van der Waals surface area contributed by atoms with Gasteiger partial charge in [0.05, 0.1) is 12.6 Å². The molecule has 1 rings (SSSR count). The van der Waals surface area contributed by atoms with Crippen molar-refractivity contribution in [3.05, 3.63) is 0 Å². The van der Waals surface area contributed by atoms with Crippen molar-refractivity contribution in [2.45, 2.75) is 58.1 Å². The van der Waals surface area contributed by atoms with Gasteiger partial charge < -0.3 is 15.4 Å². The molecule has 0 aromatic rings. The van der Waals surface area contributed by atoms with Gasteiger partial charge >= 0.3 is 0 Å². The molecule has 1 fully saturated rings. The standard InChI is InChI=1S/C13H26N2O2/c1-3-11(4-2)15-13(16)10-14-9-12-7-5-6-8-17-12/h11-12,14H,3-10H2,1-2H3,(H,15,16). The molecule has 1 saturated heterocycles. The van der Waals surface area contributed by atoms with Crippen LogP contribution in [0.4, 0.5) is 0 Å². The second-order valence-corrected chi connectivity index (χ2v) is 4.70. The van der Waals surface area contributed by atoms with Gasteiger partial charge in [-0.15, -0.1) is 0 Å². The first-order chi connectivity index (χ1) is 8.26. The summed E-state index contributed by atoms with van der Waals surface area (Å²) >= 11 is 0. The van der Waals surface area contributed by atoms with E-state index in [-0.39, 0.29) is 5.91 Å². The van der Waals surface area contributed by atoms with Crippen molar-refractivity contribution in [3.8, 4) is 0 Å². The van der Waals surface area contributed by atoms with E-state index in [1.807, 2.05) is 0 Å². The molecular weight excluding hydrogens is 216 g/mol. The second kappa shape index (κ2) is 8.48. The van der Waals surface area contributed by atoms with E-state index in [1.165, 1.54) is 12.8 Å². The second-order valence-electron chi connectivity index (χ2n) is 4.70.